The largest absolute Gasteiger partial charge is 0.324 e. The number of carbonyl (C=O) groups is 1. The van der Waals surface area contributed by atoms with Crippen molar-refractivity contribution in [3.63, 3.8) is 0 Å². The Bertz CT molecular complexity index is 1200. The molecular weight excluding hydrogens is 479 g/mol. The summed E-state index contributed by atoms with van der Waals surface area (Å²) in [7, 11) is -3.57. The van der Waals surface area contributed by atoms with Crippen molar-refractivity contribution < 1.29 is 13.2 Å². The molecule has 11 heteroatoms. The summed E-state index contributed by atoms with van der Waals surface area (Å²) in [6.45, 7) is 4.22. The molecule has 0 aliphatic carbocycles. The van der Waals surface area contributed by atoms with Crippen molar-refractivity contribution in [3.05, 3.63) is 63.9 Å². The number of rotatable bonds is 8. The lowest BCUT2D eigenvalue weighted by Gasteiger charge is -2.09. The maximum Gasteiger partial charge on any atom is 0.234 e. The Balaban J connectivity index is 1.69. The van der Waals surface area contributed by atoms with Crippen LogP contribution in [0.25, 0.3) is 0 Å². The highest BCUT2D eigenvalue weighted by atomic mass is 35.5. The predicted molar refractivity (Wildman–Crippen MR) is 124 cm³/mol. The van der Waals surface area contributed by atoms with Crippen molar-refractivity contribution in [2.75, 3.05) is 11.1 Å². The molecule has 1 aromatic heterocycles. The van der Waals surface area contributed by atoms with Crippen molar-refractivity contribution in [3.8, 4) is 0 Å². The average molecular weight is 499 g/mol. The van der Waals surface area contributed by atoms with Gasteiger partial charge in [0.2, 0.25) is 5.91 Å². The highest BCUT2D eigenvalue weighted by Crippen LogP contribution is 2.30. The van der Waals surface area contributed by atoms with Crippen LogP contribution in [0.15, 0.2) is 52.5 Å². The lowest BCUT2D eigenvalue weighted by atomic mass is 10.2. The van der Waals surface area contributed by atoms with Crippen LogP contribution in [0.1, 0.15) is 18.3 Å². The van der Waals surface area contributed by atoms with E-state index in [0.29, 0.717) is 28.2 Å². The molecule has 0 saturated carbocycles. The summed E-state index contributed by atoms with van der Waals surface area (Å²) in [6.07, 6.45) is 0. The van der Waals surface area contributed by atoms with E-state index in [9.17, 15) is 13.2 Å². The molecule has 2 aromatic carbocycles. The zero-order chi connectivity index (χ0) is 22.6. The summed E-state index contributed by atoms with van der Waals surface area (Å²) < 4.78 is 27.2. The van der Waals surface area contributed by atoms with Crippen LogP contribution in [0.4, 0.5) is 5.69 Å². The van der Waals surface area contributed by atoms with E-state index in [0.717, 1.165) is 17.3 Å². The van der Waals surface area contributed by atoms with Gasteiger partial charge in [-0.2, -0.15) is 0 Å². The molecule has 0 saturated heterocycles. The summed E-state index contributed by atoms with van der Waals surface area (Å²) in [4.78, 5) is 12.5. The number of amides is 1. The number of anilines is 1. The topological polar surface area (TPSA) is 93.9 Å². The first-order valence-electron chi connectivity index (χ1n) is 9.29. The smallest absolute Gasteiger partial charge is 0.234 e. The second-order valence-corrected chi connectivity index (χ2v) is 10.4. The zero-order valence-corrected chi connectivity index (χ0v) is 19.9. The molecule has 0 bridgehead atoms. The van der Waals surface area contributed by atoms with Crippen LogP contribution in [0.3, 0.4) is 0 Å². The molecule has 0 aliphatic rings. The maximum absolute atomic E-state index is 12.7. The number of halogens is 2. The van der Waals surface area contributed by atoms with Gasteiger partial charge in [-0.25, -0.2) is 8.42 Å². The van der Waals surface area contributed by atoms with Crippen molar-refractivity contribution in [1.29, 1.82) is 0 Å². The zero-order valence-electron chi connectivity index (χ0n) is 16.8. The maximum atomic E-state index is 12.7. The molecule has 0 fully saturated rings. The Morgan fingerprint density at radius 3 is 2.52 bits per heavy atom. The standard InChI is InChI=1S/C20H20Cl2N4O3S2/c1-3-26-17(12-31(28,29)14-9-7-13(2)8-10-14)24-25-20(26)30-11-18(27)23-16-6-4-5-15(21)19(16)22/h4-10H,3,11-12H2,1-2H3,(H,23,27). The fourth-order valence-corrected chi connectivity index (χ4v) is 5.21. The van der Waals surface area contributed by atoms with Crippen LogP contribution in [-0.4, -0.2) is 34.8 Å². The number of aromatic nitrogens is 3. The summed E-state index contributed by atoms with van der Waals surface area (Å²) in [5, 5.41) is 11.9. The van der Waals surface area contributed by atoms with Crippen molar-refractivity contribution >= 4 is 56.4 Å². The molecule has 1 amide bonds. The van der Waals surface area contributed by atoms with Crippen LogP contribution in [-0.2, 0) is 26.9 Å². The molecule has 0 radical (unpaired) electrons. The van der Waals surface area contributed by atoms with E-state index in [1.165, 1.54) is 0 Å². The minimum Gasteiger partial charge on any atom is -0.324 e. The summed E-state index contributed by atoms with van der Waals surface area (Å²) >= 11 is 13.2. The Morgan fingerprint density at radius 1 is 1.13 bits per heavy atom. The number of hydrogen-bond acceptors (Lipinski definition) is 6. The summed E-state index contributed by atoms with van der Waals surface area (Å²) in [6, 6.07) is 11.6. The molecule has 0 atom stereocenters. The van der Waals surface area contributed by atoms with E-state index in [4.69, 9.17) is 23.2 Å². The highest BCUT2D eigenvalue weighted by Gasteiger charge is 2.21. The van der Waals surface area contributed by atoms with Gasteiger partial charge in [-0.05, 0) is 38.1 Å². The number of thioether (sulfide) groups is 1. The van der Waals surface area contributed by atoms with Gasteiger partial charge in [-0.15, -0.1) is 10.2 Å². The van der Waals surface area contributed by atoms with Gasteiger partial charge in [0, 0.05) is 6.54 Å². The number of benzene rings is 2. The molecule has 0 spiro atoms. The second-order valence-electron chi connectivity index (χ2n) is 6.65. The summed E-state index contributed by atoms with van der Waals surface area (Å²) in [5.74, 6) is -0.203. The number of aryl methyl sites for hydroxylation is 1. The third-order valence-electron chi connectivity index (χ3n) is 4.37. The minimum atomic E-state index is -3.57. The molecule has 1 heterocycles. The monoisotopic (exact) mass is 498 g/mol. The van der Waals surface area contributed by atoms with Crippen LogP contribution in [0.2, 0.25) is 10.0 Å². The number of nitrogens with one attached hydrogen (secondary N) is 1. The molecule has 7 nitrogen and oxygen atoms in total. The van der Waals surface area contributed by atoms with Gasteiger partial charge in [0.05, 0.1) is 26.4 Å². The molecule has 1 N–H and O–H groups in total. The summed E-state index contributed by atoms with van der Waals surface area (Å²) in [5.41, 5.74) is 1.40. The van der Waals surface area contributed by atoms with Crippen LogP contribution in [0.5, 0.6) is 0 Å². The Hall–Kier alpha value is -2.07. The number of sulfone groups is 1. The molecule has 0 unspecified atom stereocenters. The SMILES string of the molecule is CCn1c(CS(=O)(=O)c2ccc(C)cc2)nnc1SCC(=O)Nc1cccc(Cl)c1Cl. The molecule has 164 valence electrons. The van der Waals surface area contributed by atoms with E-state index in [1.807, 2.05) is 13.8 Å². The van der Waals surface area contributed by atoms with Crippen molar-refractivity contribution in [2.45, 2.75) is 36.2 Å². The van der Waals surface area contributed by atoms with Crippen LogP contribution in [0, 0.1) is 6.92 Å². The first-order valence-corrected chi connectivity index (χ1v) is 12.7. The fourth-order valence-electron chi connectivity index (χ4n) is 2.77. The molecule has 31 heavy (non-hydrogen) atoms. The average Bonchev–Trinajstić information content (AvgIpc) is 3.11. The van der Waals surface area contributed by atoms with Crippen molar-refractivity contribution in [2.24, 2.45) is 0 Å². The van der Waals surface area contributed by atoms with Gasteiger partial charge in [-0.3, -0.25) is 4.79 Å². The lowest BCUT2D eigenvalue weighted by molar-refractivity contribution is -0.113. The highest BCUT2D eigenvalue weighted by molar-refractivity contribution is 7.99. The van der Waals surface area contributed by atoms with E-state index >= 15 is 0 Å². The van der Waals surface area contributed by atoms with Crippen LogP contribution < -0.4 is 5.32 Å². The van der Waals surface area contributed by atoms with E-state index < -0.39 is 9.84 Å². The minimum absolute atomic E-state index is 0.0473. The third-order valence-corrected chi connectivity index (χ3v) is 7.78. The van der Waals surface area contributed by atoms with Gasteiger partial charge < -0.3 is 9.88 Å². The van der Waals surface area contributed by atoms with E-state index in [1.54, 1.807) is 47.0 Å². The molecular formula is C20H20Cl2N4O3S2. The molecule has 0 aliphatic heterocycles. The van der Waals surface area contributed by atoms with Gasteiger partial charge >= 0.3 is 0 Å². The first-order chi connectivity index (χ1) is 14.7. The van der Waals surface area contributed by atoms with Gasteiger partial charge in [-0.1, -0.05) is 58.7 Å². The molecule has 3 aromatic rings. The van der Waals surface area contributed by atoms with Crippen LogP contribution >= 0.6 is 35.0 Å². The Labute approximate surface area is 195 Å². The fraction of sp³-hybridized carbons (Fsp3) is 0.250. The van der Waals surface area contributed by atoms with E-state index in [-0.39, 0.29) is 27.3 Å². The second kappa shape index (κ2) is 10.0. The van der Waals surface area contributed by atoms with Gasteiger partial charge in [0.25, 0.3) is 0 Å². The number of nitrogens with zero attached hydrogens (tertiary/aromatic N) is 3. The van der Waals surface area contributed by atoms with Gasteiger partial charge in [0.1, 0.15) is 11.6 Å². The predicted octanol–water partition coefficient (Wildman–Crippen LogP) is 4.62. The Morgan fingerprint density at radius 2 is 1.84 bits per heavy atom. The first kappa shape index (κ1) is 23.6. The van der Waals surface area contributed by atoms with Gasteiger partial charge in [0.15, 0.2) is 15.0 Å². The quantitative estimate of drug-likeness (QED) is 0.455. The Kier molecular flexibility index (Phi) is 7.64. The lowest BCUT2D eigenvalue weighted by Crippen LogP contribution is -2.15. The third kappa shape index (κ3) is 5.79. The number of carbonyl (C=O) groups excluding carboxylic acids is 1. The molecule has 3 rings (SSSR count). The normalized spacial score (nSPS) is 11.5. The number of hydrogen-bond donors (Lipinski definition) is 1. The van der Waals surface area contributed by atoms with E-state index in [2.05, 4.69) is 15.5 Å². The van der Waals surface area contributed by atoms with Crippen molar-refractivity contribution in [1.82, 2.24) is 14.8 Å².